The Balaban J connectivity index is 2.04. The molecule has 1 aliphatic rings. The predicted molar refractivity (Wildman–Crippen MR) is 57.7 cm³/mol. The Kier molecular flexibility index (Phi) is 2.99. The molecule has 5 nitrogen and oxygen atoms in total. The first kappa shape index (κ1) is 10.1. The third kappa shape index (κ3) is 2.55. The molecular weight excluding hydrogens is 192 g/mol. The Bertz CT molecular complexity index is 376. The van der Waals surface area contributed by atoms with Crippen molar-refractivity contribution in [3.63, 3.8) is 0 Å². The van der Waals surface area contributed by atoms with Crippen LogP contribution in [0.25, 0.3) is 0 Å². The van der Waals surface area contributed by atoms with Gasteiger partial charge >= 0.3 is 5.69 Å². The van der Waals surface area contributed by atoms with Gasteiger partial charge in [-0.3, -0.25) is 0 Å². The Morgan fingerprint density at radius 3 is 3.00 bits per heavy atom. The number of hydrogen-bond acceptors (Lipinski definition) is 4. The van der Waals surface area contributed by atoms with E-state index < -0.39 is 5.69 Å². The first-order valence-electron chi connectivity index (χ1n) is 5.44. The molecule has 15 heavy (non-hydrogen) atoms. The smallest absolute Gasteiger partial charge is 0.363 e. The summed E-state index contributed by atoms with van der Waals surface area (Å²) >= 11 is 0. The molecule has 0 radical (unpaired) electrons. The summed E-state index contributed by atoms with van der Waals surface area (Å²) in [7, 11) is 0. The lowest BCUT2D eigenvalue weighted by molar-refractivity contribution is 0.349. The molecule has 0 aliphatic heterocycles. The van der Waals surface area contributed by atoms with Gasteiger partial charge in [-0.2, -0.15) is 10.1 Å². The second-order valence-electron chi connectivity index (χ2n) is 4.18. The molecular formula is C10H16N4O. The number of aromatic nitrogens is 3. The SMILES string of the molecule is C[C@H]1CCCC[C@@H]1Nc1cn[nH]c(=O)n1. The summed E-state index contributed by atoms with van der Waals surface area (Å²) in [5.41, 5.74) is -0.400. The van der Waals surface area contributed by atoms with E-state index in [-0.39, 0.29) is 0 Å². The predicted octanol–water partition coefficient (Wildman–Crippen LogP) is 1.16. The van der Waals surface area contributed by atoms with Crippen LogP contribution in [0.1, 0.15) is 32.6 Å². The van der Waals surface area contributed by atoms with E-state index in [9.17, 15) is 4.79 Å². The Morgan fingerprint density at radius 2 is 2.27 bits per heavy atom. The monoisotopic (exact) mass is 208 g/mol. The molecule has 2 rings (SSSR count). The van der Waals surface area contributed by atoms with E-state index in [0.29, 0.717) is 17.8 Å². The second-order valence-corrected chi connectivity index (χ2v) is 4.18. The molecule has 2 N–H and O–H groups in total. The number of aromatic amines is 1. The summed E-state index contributed by atoms with van der Waals surface area (Å²) in [4.78, 5) is 14.8. The van der Waals surface area contributed by atoms with Crippen LogP contribution in [-0.4, -0.2) is 21.2 Å². The number of rotatable bonds is 2. The van der Waals surface area contributed by atoms with Gasteiger partial charge in [0, 0.05) is 6.04 Å². The van der Waals surface area contributed by atoms with Gasteiger partial charge in [-0.15, -0.1) is 0 Å². The van der Waals surface area contributed by atoms with E-state index in [1.165, 1.54) is 19.3 Å². The van der Waals surface area contributed by atoms with Crippen molar-refractivity contribution in [1.29, 1.82) is 0 Å². The zero-order valence-corrected chi connectivity index (χ0v) is 8.86. The van der Waals surface area contributed by atoms with Crippen LogP contribution in [0, 0.1) is 5.92 Å². The highest BCUT2D eigenvalue weighted by Crippen LogP contribution is 2.25. The van der Waals surface area contributed by atoms with Crippen LogP contribution in [0.5, 0.6) is 0 Å². The molecule has 0 aromatic carbocycles. The van der Waals surface area contributed by atoms with Crippen LogP contribution in [0.3, 0.4) is 0 Å². The lowest BCUT2D eigenvalue weighted by Gasteiger charge is -2.29. The second kappa shape index (κ2) is 4.42. The minimum absolute atomic E-state index is 0.400. The van der Waals surface area contributed by atoms with Crippen molar-refractivity contribution < 1.29 is 0 Å². The molecule has 0 saturated heterocycles. The molecule has 1 aromatic rings. The van der Waals surface area contributed by atoms with Crippen molar-refractivity contribution in [2.45, 2.75) is 38.6 Å². The quantitative estimate of drug-likeness (QED) is 0.765. The average Bonchev–Trinajstić information content (AvgIpc) is 2.22. The molecule has 0 bridgehead atoms. The fourth-order valence-electron chi connectivity index (χ4n) is 2.10. The average molecular weight is 208 g/mol. The van der Waals surface area contributed by atoms with Gasteiger partial charge in [0.25, 0.3) is 0 Å². The largest absolute Gasteiger partial charge is 0.366 e. The summed E-state index contributed by atoms with van der Waals surface area (Å²) < 4.78 is 0. The third-order valence-electron chi connectivity index (χ3n) is 3.01. The fraction of sp³-hybridized carbons (Fsp3) is 0.700. The van der Waals surface area contributed by atoms with Crippen LogP contribution in [0.15, 0.2) is 11.0 Å². The standard InChI is InChI=1S/C10H16N4O/c1-7-4-2-3-5-8(7)12-9-6-11-14-10(15)13-9/h6-8H,2-5H2,1H3,(H2,12,13,14,15)/t7-,8-/m0/s1. The van der Waals surface area contributed by atoms with Crippen molar-refractivity contribution >= 4 is 5.82 Å². The minimum Gasteiger partial charge on any atom is -0.366 e. The Hall–Kier alpha value is -1.39. The van der Waals surface area contributed by atoms with Gasteiger partial charge < -0.3 is 5.32 Å². The molecule has 1 saturated carbocycles. The van der Waals surface area contributed by atoms with Crippen LogP contribution < -0.4 is 11.0 Å². The number of nitrogens with one attached hydrogen (secondary N) is 2. The van der Waals surface area contributed by atoms with E-state index in [4.69, 9.17) is 0 Å². The summed E-state index contributed by atoms with van der Waals surface area (Å²) in [5.74, 6) is 1.22. The number of nitrogens with zero attached hydrogens (tertiary/aromatic N) is 2. The molecule has 1 heterocycles. The molecule has 5 heteroatoms. The van der Waals surface area contributed by atoms with Crippen molar-refractivity contribution in [2.75, 3.05) is 5.32 Å². The van der Waals surface area contributed by atoms with Gasteiger partial charge in [0.05, 0.1) is 6.20 Å². The van der Waals surface area contributed by atoms with E-state index in [2.05, 4.69) is 27.4 Å². The molecule has 1 aromatic heterocycles. The van der Waals surface area contributed by atoms with E-state index in [0.717, 1.165) is 6.42 Å². The maximum Gasteiger partial charge on any atom is 0.363 e. The molecule has 1 aliphatic carbocycles. The maximum atomic E-state index is 10.9. The minimum atomic E-state index is -0.400. The van der Waals surface area contributed by atoms with Gasteiger partial charge in [0.1, 0.15) is 0 Å². The van der Waals surface area contributed by atoms with E-state index in [1.807, 2.05) is 0 Å². The van der Waals surface area contributed by atoms with Crippen LogP contribution in [0.2, 0.25) is 0 Å². The highest BCUT2D eigenvalue weighted by atomic mass is 16.1. The first-order valence-corrected chi connectivity index (χ1v) is 5.44. The Labute approximate surface area is 88.3 Å². The summed E-state index contributed by atoms with van der Waals surface area (Å²) in [6.45, 7) is 2.23. The molecule has 82 valence electrons. The first-order chi connectivity index (χ1) is 7.25. The number of H-pyrrole nitrogens is 1. The molecule has 0 unspecified atom stereocenters. The Morgan fingerprint density at radius 1 is 1.47 bits per heavy atom. The lowest BCUT2D eigenvalue weighted by Crippen LogP contribution is -2.31. The molecule has 2 atom stereocenters. The fourth-order valence-corrected chi connectivity index (χ4v) is 2.10. The van der Waals surface area contributed by atoms with Crippen molar-refractivity contribution in [3.8, 4) is 0 Å². The van der Waals surface area contributed by atoms with Crippen molar-refractivity contribution in [1.82, 2.24) is 15.2 Å². The van der Waals surface area contributed by atoms with Gasteiger partial charge in [0.2, 0.25) is 0 Å². The summed E-state index contributed by atoms with van der Waals surface area (Å²) in [5, 5.41) is 9.25. The maximum absolute atomic E-state index is 10.9. The highest BCUT2D eigenvalue weighted by Gasteiger charge is 2.21. The number of hydrogen-bond donors (Lipinski definition) is 2. The van der Waals surface area contributed by atoms with E-state index >= 15 is 0 Å². The molecule has 0 spiro atoms. The van der Waals surface area contributed by atoms with Gasteiger partial charge in [-0.05, 0) is 18.8 Å². The third-order valence-corrected chi connectivity index (χ3v) is 3.01. The van der Waals surface area contributed by atoms with Gasteiger partial charge in [0.15, 0.2) is 5.82 Å². The van der Waals surface area contributed by atoms with Gasteiger partial charge in [-0.1, -0.05) is 19.8 Å². The molecule has 1 fully saturated rings. The van der Waals surface area contributed by atoms with Gasteiger partial charge in [-0.25, -0.2) is 9.89 Å². The highest BCUT2D eigenvalue weighted by molar-refractivity contribution is 5.31. The zero-order valence-electron chi connectivity index (χ0n) is 8.86. The zero-order chi connectivity index (χ0) is 10.7. The molecule has 0 amide bonds. The number of anilines is 1. The van der Waals surface area contributed by atoms with E-state index in [1.54, 1.807) is 6.20 Å². The van der Waals surface area contributed by atoms with Crippen molar-refractivity contribution in [2.24, 2.45) is 5.92 Å². The normalized spacial score (nSPS) is 26.2. The van der Waals surface area contributed by atoms with Crippen LogP contribution in [-0.2, 0) is 0 Å². The van der Waals surface area contributed by atoms with Crippen molar-refractivity contribution in [3.05, 3.63) is 16.7 Å². The lowest BCUT2D eigenvalue weighted by atomic mass is 9.86. The van der Waals surface area contributed by atoms with Crippen LogP contribution in [0.4, 0.5) is 5.82 Å². The summed E-state index contributed by atoms with van der Waals surface area (Å²) in [6, 6.07) is 0.426. The van der Waals surface area contributed by atoms with Crippen LogP contribution >= 0.6 is 0 Å². The summed E-state index contributed by atoms with van der Waals surface area (Å²) in [6.07, 6.45) is 6.51. The topological polar surface area (TPSA) is 70.7 Å².